The third-order valence-electron chi connectivity index (χ3n) is 4.33. The molecule has 3 rings (SSSR count). The monoisotopic (exact) mass is 355 g/mol. The number of piperazine rings is 1. The van der Waals surface area contributed by atoms with E-state index < -0.39 is 24.7 Å². The topological polar surface area (TPSA) is 73.3 Å². The van der Waals surface area contributed by atoms with E-state index in [1.165, 1.54) is 21.9 Å². The summed E-state index contributed by atoms with van der Waals surface area (Å²) >= 11 is 0. The van der Waals surface area contributed by atoms with E-state index in [0.29, 0.717) is 18.8 Å². The van der Waals surface area contributed by atoms with Crippen LogP contribution in [0.4, 0.5) is 25.0 Å². The van der Waals surface area contributed by atoms with Crippen molar-refractivity contribution in [2.75, 3.05) is 55.8 Å². The van der Waals surface area contributed by atoms with Crippen LogP contribution in [0.15, 0.2) is 18.2 Å². The fourth-order valence-corrected chi connectivity index (χ4v) is 3.00. The van der Waals surface area contributed by atoms with Crippen LogP contribution < -0.4 is 9.80 Å². The van der Waals surface area contributed by atoms with Crippen molar-refractivity contribution in [3.8, 4) is 0 Å². The van der Waals surface area contributed by atoms with Gasteiger partial charge < -0.3 is 19.6 Å². The summed E-state index contributed by atoms with van der Waals surface area (Å²) in [6, 6.07) is 4.27. The summed E-state index contributed by atoms with van der Waals surface area (Å²) in [6.45, 7) is 0.0187. The maximum absolute atomic E-state index is 14.5. The Kier molecular flexibility index (Phi) is 5.03. The predicted octanol–water partition coefficient (Wildman–Crippen LogP) is 0.761. The number of aliphatic hydroxyl groups is 1. The van der Waals surface area contributed by atoms with Crippen molar-refractivity contribution in [2.45, 2.75) is 6.10 Å². The molecule has 7 nitrogen and oxygen atoms in total. The number of hydrogen-bond acceptors (Lipinski definition) is 5. The zero-order valence-corrected chi connectivity index (χ0v) is 13.5. The zero-order chi connectivity index (χ0) is 18.0. The maximum Gasteiger partial charge on any atom is 0.414 e. The molecular formula is C16H19F2N3O4. The largest absolute Gasteiger partial charge is 0.441 e. The van der Waals surface area contributed by atoms with Gasteiger partial charge in [-0.15, -0.1) is 0 Å². The second kappa shape index (κ2) is 7.22. The van der Waals surface area contributed by atoms with E-state index in [4.69, 9.17) is 9.84 Å². The Labute approximate surface area is 143 Å². The molecule has 1 atom stereocenters. The smallest absolute Gasteiger partial charge is 0.414 e. The Morgan fingerprint density at radius 1 is 1.28 bits per heavy atom. The molecule has 2 aliphatic rings. The first kappa shape index (κ1) is 17.4. The Hall–Kier alpha value is -2.42. The summed E-state index contributed by atoms with van der Waals surface area (Å²) in [5.41, 5.74) is 0.577. The van der Waals surface area contributed by atoms with Crippen molar-refractivity contribution in [1.82, 2.24) is 4.90 Å². The number of carbonyl (C=O) groups is 2. The number of ether oxygens (including phenoxy) is 1. The minimum absolute atomic E-state index is 0.0192. The minimum atomic E-state index is -0.638. The van der Waals surface area contributed by atoms with Crippen LogP contribution in [0.25, 0.3) is 0 Å². The van der Waals surface area contributed by atoms with Gasteiger partial charge in [0.2, 0.25) is 5.91 Å². The van der Waals surface area contributed by atoms with E-state index in [1.807, 2.05) is 0 Å². The zero-order valence-electron chi connectivity index (χ0n) is 13.5. The molecule has 1 unspecified atom stereocenters. The first-order valence-corrected chi connectivity index (χ1v) is 8.00. The number of benzene rings is 1. The molecule has 1 N–H and O–H groups in total. The molecule has 9 heteroatoms. The Morgan fingerprint density at radius 3 is 2.68 bits per heavy atom. The summed E-state index contributed by atoms with van der Waals surface area (Å²) in [4.78, 5) is 28.0. The van der Waals surface area contributed by atoms with E-state index in [1.54, 1.807) is 11.0 Å². The summed E-state index contributed by atoms with van der Waals surface area (Å²) in [5, 5.41) is 9.06. The van der Waals surface area contributed by atoms with Crippen LogP contribution in [0, 0.1) is 5.82 Å². The van der Waals surface area contributed by atoms with Crippen molar-refractivity contribution < 1.29 is 28.2 Å². The number of carbonyl (C=O) groups excluding carboxylic acids is 2. The second-order valence-electron chi connectivity index (χ2n) is 5.93. The summed E-state index contributed by atoms with van der Waals surface area (Å²) in [5.74, 6) is -0.814. The molecule has 0 radical (unpaired) electrons. The number of nitrogens with zero attached hydrogens (tertiary/aromatic N) is 3. The highest BCUT2D eigenvalue weighted by atomic mass is 19.1. The van der Waals surface area contributed by atoms with Crippen LogP contribution in [-0.4, -0.2) is 74.1 Å². The van der Waals surface area contributed by atoms with Crippen molar-refractivity contribution in [1.29, 1.82) is 0 Å². The van der Waals surface area contributed by atoms with Crippen molar-refractivity contribution in [3.63, 3.8) is 0 Å². The Morgan fingerprint density at radius 2 is 2.08 bits per heavy atom. The molecule has 1 aromatic carbocycles. The van der Waals surface area contributed by atoms with Gasteiger partial charge in [0.15, 0.2) is 0 Å². The average Bonchev–Trinajstić information content (AvgIpc) is 2.98. The fourth-order valence-electron chi connectivity index (χ4n) is 3.00. The van der Waals surface area contributed by atoms with E-state index in [9.17, 15) is 18.4 Å². The molecule has 0 saturated carbocycles. The number of hydrogen-bond donors (Lipinski definition) is 1. The van der Waals surface area contributed by atoms with Gasteiger partial charge in [-0.1, -0.05) is 0 Å². The number of aliphatic hydroxyl groups excluding tert-OH is 1. The molecular weight excluding hydrogens is 336 g/mol. The summed E-state index contributed by atoms with van der Waals surface area (Å²) in [6.07, 6.45) is -1.27. The fraction of sp³-hybridized carbons (Fsp3) is 0.500. The van der Waals surface area contributed by atoms with Gasteiger partial charge in [-0.05, 0) is 18.2 Å². The number of alkyl halides is 1. The predicted molar refractivity (Wildman–Crippen MR) is 85.9 cm³/mol. The van der Waals surface area contributed by atoms with Crippen LogP contribution in [0.3, 0.4) is 0 Å². The van der Waals surface area contributed by atoms with Gasteiger partial charge in [-0.2, -0.15) is 0 Å². The van der Waals surface area contributed by atoms with Crippen molar-refractivity contribution >= 4 is 23.4 Å². The number of halogens is 2. The second-order valence-corrected chi connectivity index (χ2v) is 5.93. The number of rotatable bonds is 5. The molecule has 2 amide bonds. The van der Waals surface area contributed by atoms with Crippen LogP contribution in [0.2, 0.25) is 0 Å². The summed E-state index contributed by atoms with van der Waals surface area (Å²) in [7, 11) is 0. The molecule has 2 saturated heterocycles. The Bertz CT molecular complexity index is 673. The molecule has 2 heterocycles. The van der Waals surface area contributed by atoms with Gasteiger partial charge in [-0.3, -0.25) is 9.69 Å². The molecule has 25 heavy (non-hydrogen) atoms. The average molecular weight is 355 g/mol. The van der Waals surface area contributed by atoms with E-state index in [2.05, 4.69) is 0 Å². The van der Waals surface area contributed by atoms with Gasteiger partial charge >= 0.3 is 6.09 Å². The first-order chi connectivity index (χ1) is 12.0. The van der Waals surface area contributed by atoms with Gasteiger partial charge in [-0.25, -0.2) is 13.6 Å². The van der Waals surface area contributed by atoms with Crippen molar-refractivity contribution in [3.05, 3.63) is 24.0 Å². The van der Waals surface area contributed by atoms with Crippen LogP contribution >= 0.6 is 0 Å². The van der Waals surface area contributed by atoms with Gasteiger partial charge in [0.25, 0.3) is 0 Å². The minimum Gasteiger partial charge on any atom is -0.441 e. The van der Waals surface area contributed by atoms with Gasteiger partial charge in [0, 0.05) is 19.6 Å². The van der Waals surface area contributed by atoms with Gasteiger partial charge in [0.1, 0.15) is 18.6 Å². The highest BCUT2D eigenvalue weighted by molar-refractivity contribution is 5.90. The highest BCUT2D eigenvalue weighted by Gasteiger charge is 2.32. The molecule has 2 aliphatic heterocycles. The normalized spacial score (nSPS) is 21.1. The standard InChI is InChI=1S/C16H19F2N3O4/c17-3-4-19-5-6-20(9-15(19)23)14-2-1-11(7-13(14)18)21-8-12(10-22)25-16(21)24/h1-2,7,12,22H,3-6,8-10H2. The third kappa shape index (κ3) is 3.51. The molecule has 0 spiro atoms. The van der Waals surface area contributed by atoms with Crippen LogP contribution in [0.5, 0.6) is 0 Å². The van der Waals surface area contributed by atoms with Crippen LogP contribution in [0.1, 0.15) is 0 Å². The number of cyclic esters (lactones) is 1. The molecule has 0 aliphatic carbocycles. The molecule has 136 valence electrons. The lowest BCUT2D eigenvalue weighted by atomic mass is 10.2. The van der Waals surface area contributed by atoms with E-state index >= 15 is 0 Å². The number of amides is 2. The lowest BCUT2D eigenvalue weighted by molar-refractivity contribution is -0.131. The first-order valence-electron chi connectivity index (χ1n) is 8.00. The van der Waals surface area contributed by atoms with Crippen LogP contribution in [-0.2, 0) is 9.53 Å². The van der Waals surface area contributed by atoms with Gasteiger partial charge in [0.05, 0.1) is 31.1 Å². The van der Waals surface area contributed by atoms with Crippen molar-refractivity contribution in [2.24, 2.45) is 0 Å². The van der Waals surface area contributed by atoms with E-state index in [-0.39, 0.29) is 37.8 Å². The quantitative estimate of drug-likeness (QED) is 0.844. The SMILES string of the molecule is O=C1CN(c2ccc(N3CC(CO)OC3=O)cc2F)CCN1CCF. The molecule has 0 bridgehead atoms. The highest BCUT2D eigenvalue weighted by Crippen LogP contribution is 2.28. The molecule has 1 aromatic rings. The summed E-state index contributed by atoms with van der Waals surface area (Å²) < 4.78 is 31.8. The van der Waals surface area contributed by atoms with E-state index in [0.717, 1.165) is 0 Å². The molecule has 0 aromatic heterocycles. The maximum atomic E-state index is 14.5. The Balaban J connectivity index is 1.73. The molecule has 2 fully saturated rings. The lowest BCUT2D eigenvalue weighted by Crippen LogP contribution is -2.51. The lowest BCUT2D eigenvalue weighted by Gasteiger charge is -2.35. The number of anilines is 2. The third-order valence-corrected chi connectivity index (χ3v) is 4.33.